The highest BCUT2D eigenvalue weighted by Gasteiger charge is 2.27. The fraction of sp³-hybridized carbons (Fsp3) is 0.500. The van der Waals surface area contributed by atoms with Gasteiger partial charge in [-0.1, -0.05) is 35.7 Å². The van der Waals surface area contributed by atoms with E-state index in [2.05, 4.69) is 20.7 Å². The maximum absolute atomic E-state index is 12.2. The molecule has 0 aliphatic rings. The molecule has 0 spiro atoms. The fourth-order valence-electron chi connectivity index (χ4n) is 1.75. The third-order valence-electron chi connectivity index (χ3n) is 2.76. The lowest BCUT2D eigenvalue weighted by Crippen LogP contribution is -2.32. The fourth-order valence-corrected chi connectivity index (χ4v) is 3.74. The number of rotatable bonds is 7. The zero-order chi connectivity index (χ0) is 15.3. The van der Waals surface area contributed by atoms with Crippen LogP contribution < -0.4 is 4.72 Å². The quantitative estimate of drug-likeness (QED) is 0.594. The highest BCUT2D eigenvalue weighted by Crippen LogP contribution is 2.27. The normalized spacial score (nSPS) is 13.2. The molecule has 0 saturated heterocycles. The molecule has 8 heteroatoms. The lowest BCUT2D eigenvalue weighted by molar-refractivity contribution is -0.387. The van der Waals surface area contributed by atoms with Crippen molar-refractivity contribution in [3.05, 3.63) is 32.8 Å². The van der Waals surface area contributed by atoms with Gasteiger partial charge in [0.25, 0.3) is 5.69 Å². The summed E-state index contributed by atoms with van der Waals surface area (Å²) < 4.78 is 27.4. The Morgan fingerprint density at radius 1 is 1.45 bits per heavy atom. The molecule has 6 nitrogen and oxygen atoms in total. The van der Waals surface area contributed by atoms with Gasteiger partial charge >= 0.3 is 0 Å². The summed E-state index contributed by atoms with van der Waals surface area (Å²) in [5.74, 6) is 0. The van der Waals surface area contributed by atoms with Crippen molar-refractivity contribution in [3.8, 4) is 0 Å². The smallest absolute Gasteiger partial charge is 0.258 e. The van der Waals surface area contributed by atoms with E-state index in [4.69, 9.17) is 0 Å². The summed E-state index contributed by atoms with van der Waals surface area (Å²) >= 11 is 3.13. The third-order valence-corrected chi connectivity index (χ3v) is 4.87. The van der Waals surface area contributed by atoms with Crippen molar-refractivity contribution in [2.45, 2.75) is 44.0 Å². The van der Waals surface area contributed by atoms with Gasteiger partial charge in [-0.3, -0.25) is 10.1 Å². The molecule has 0 saturated carbocycles. The maximum atomic E-state index is 12.2. The molecular weight excluding hydrogens is 348 g/mol. The Morgan fingerprint density at radius 2 is 2.10 bits per heavy atom. The summed E-state index contributed by atoms with van der Waals surface area (Å²) in [5.41, 5.74) is -0.427. The van der Waals surface area contributed by atoms with Gasteiger partial charge < -0.3 is 0 Å². The van der Waals surface area contributed by atoms with Crippen LogP contribution in [0.15, 0.2) is 27.6 Å². The van der Waals surface area contributed by atoms with Crippen molar-refractivity contribution < 1.29 is 13.3 Å². The number of nitrogens with zero attached hydrogens (tertiary/aromatic N) is 1. The van der Waals surface area contributed by atoms with Gasteiger partial charge in [0.1, 0.15) is 0 Å². The molecule has 0 bridgehead atoms. The van der Waals surface area contributed by atoms with Crippen LogP contribution in [0.2, 0.25) is 0 Å². The zero-order valence-electron chi connectivity index (χ0n) is 11.3. The van der Waals surface area contributed by atoms with Crippen molar-refractivity contribution in [1.29, 1.82) is 0 Å². The molecule has 1 N–H and O–H groups in total. The third kappa shape index (κ3) is 4.53. The van der Waals surface area contributed by atoms with Crippen LogP contribution in [0.5, 0.6) is 0 Å². The van der Waals surface area contributed by atoms with E-state index in [9.17, 15) is 18.5 Å². The molecule has 0 amide bonds. The molecule has 1 unspecified atom stereocenters. The van der Waals surface area contributed by atoms with Crippen LogP contribution in [0.3, 0.4) is 0 Å². The molecule has 0 heterocycles. The second-order valence-electron chi connectivity index (χ2n) is 4.53. The van der Waals surface area contributed by atoms with Gasteiger partial charge in [0.15, 0.2) is 4.90 Å². The number of sulfonamides is 1. The number of nitro benzene ring substituents is 1. The number of benzene rings is 1. The van der Waals surface area contributed by atoms with Crippen LogP contribution in [0.4, 0.5) is 5.69 Å². The number of nitro groups is 1. The maximum Gasteiger partial charge on any atom is 0.289 e. The molecule has 0 aliphatic carbocycles. The van der Waals surface area contributed by atoms with E-state index in [1.165, 1.54) is 18.2 Å². The van der Waals surface area contributed by atoms with E-state index >= 15 is 0 Å². The van der Waals surface area contributed by atoms with E-state index in [0.717, 1.165) is 12.8 Å². The highest BCUT2D eigenvalue weighted by molar-refractivity contribution is 9.10. The second-order valence-corrected chi connectivity index (χ2v) is 7.13. The van der Waals surface area contributed by atoms with Crippen molar-refractivity contribution >= 4 is 31.6 Å². The average Bonchev–Trinajstić information content (AvgIpc) is 2.35. The van der Waals surface area contributed by atoms with Gasteiger partial charge in [-0.05, 0) is 25.5 Å². The standard InChI is InChI=1S/C12H17BrN2O4S/c1-3-4-5-9(2)14-20(18,19)12-8-10(13)6-7-11(12)15(16)17/h6-9,14H,3-5H2,1-2H3. The topological polar surface area (TPSA) is 89.3 Å². The Balaban J connectivity index is 3.09. The van der Waals surface area contributed by atoms with Gasteiger partial charge in [0, 0.05) is 16.6 Å². The lowest BCUT2D eigenvalue weighted by atomic mass is 10.2. The summed E-state index contributed by atoms with van der Waals surface area (Å²) in [4.78, 5) is 9.92. The van der Waals surface area contributed by atoms with E-state index in [-0.39, 0.29) is 10.9 Å². The van der Waals surface area contributed by atoms with Crippen molar-refractivity contribution in [1.82, 2.24) is 4.72 Å². The molecule has 20 heavy (non-hydrogen) atoms. The Kier molecular flexibility index (Phi) is 6.09. The molecule has 1 atom stereocenters. The van der Waals surface area contributed by atoms with Crippen LogP contribution in [0, 0.1) is 10.1 Å². The summed E-state index contributed by atoms with van der Waals surface area (Å²) in [6.45, 7) is 3.76. The molecular formula is C12H17BrN2O4S. The molecule has 0 radical (unpaired) electrons. The Bertz CT molecular complexity index is 589. The van der Waals surface area contributed by atoms with Crippen LogP contribution in [0.1, 0.15) is 33.1 Å². The van der Waals surface area contributed by atoms with E-state index in [1.807, 2.05) is 6.92 Å². The number of hydrogen-bond acceptors (Lipinski definition) is 4. The monoisotopic (exact) mass is 364 g/mol. The first-order chi connectivity index (χ1) is 9.27. The molecule has 112 valence electrons. The van der Waals surface area contributed by atoms with E-state index in [1.54, 1.807) is 6.92 Å². The van der Waals surface area contributed by atoms with Crippen molar-refractivity contribution in [2.75, 3.05) is 0 Å². The predicted octanol–water partition coefficient (Wildman–Crippen LogP) is 3.21. The van der Waals surface area contributed by atoms with Crippen LogP contribution in [-0.2, 0) is 10.0 Å². The Hall–Kier alpha value is -0.990. The minimum Gasteiger partial charge on any atom is -0.258 e. The predicted molar refractivity (Wildman–Crippen MR) is 80.1 cm³/mol. The second kappa shape index (κ2) is 7.14. The highest BCUT2D eigenvalue weighted by atomic mass is 79.9. The molecule has 0 aliphatic heterocycles. The number of hydrogen-bond donors (Lipinski definition) is 1. The number of halogens is 1. The molecule has 0 fully saturated rings. The van der Waals surface area contributed by atoms with Gasteiger partial charge in [0.2, 0.25) is 10.0 Å². The van der Waals surface area contributed by atoms with Crippen LogP contribution in [-0.4, -0.2) is 19.4 Å². The largest absolute Gasteiger partial charge is 0.289 e. The first-order valence-electron chi connectivity index (χ1n) is 6.24. The van der Waals surface area contributed by atoms with Crippen molar-refractivity contribution in [2.24, 2.45) is 0 Å². The summed E-state index contributed by atoms with van der Waals surface area (Å²) in [5, 5.41) is 10.9. The SMILES string of the molecule is CCCCC(C)NS(=O)(=O)c1cc(Br)ccc1[N+](=O)[O-]. The summed E-state index contributed by atoms with van der Waals surface area (Å²) in [7, 11) is -3.91. The minimum absolute atomic E-state index is 0.265. The van der Waals surface area contributed by atoms with Gasteiger partial charge in [-0.25, -0.2) is 13.1 Å². The molecule has 1 aromatic carbocycles. The van der Waals surface area contributed by atoms with E-state index in [0.29, 0.717) is 10.9 Å². The zero-order valence-corrected chi connectivity index (χ0v) is 13.7. The Labute approximate surface area is 126 Å². The van der Waals surface area contributed by atoms with Crippen LogP contribution in [0.25, 0.3) is 0 Å². The van der Waals surface area contributed by atoms with Gasteiger partial charge in [-0.2, -0.15) is 0 Å². The molecule has 1 rings (SSSR count). The molecule has 0 aromatic heterocycles. The van der Waals surface area contributed by atoms with Gasteiger partial charge in [-0.15, -0.1) is 0 Å². The Morgan fingerprint density at radius 3 is 2.65 bits per heavy atom. The van der Waals surface area contributed by atoms with Crippen molar-refractivity contribution in [3.63, 3.8) is 0 Å². The summed E-state index contributed by atoms with van der Waals surface area (Å²) in [6, 6.07) is 3.60. The summed E-state index contributed by atoms with van der Waals surface area (Å²) in [6.07, 6.45) is 2.55. The molecule has 1 aromatic rings. The first-order valence-corrected chi connectivity index (χ1v) is 8.51. The minimum atomic E-state index is -3.91. The van der Waals surface area contributed by atoms with E-state index < -0.39 is 20.6 Å². The first kappa shape index (κ1) is 17.1. The lowest BCUT2D eigenvalue weighted by Gasteiger charge is -2.14. The number of unbranched alkanes of at least 4 members (excludes halogenated alkanes) is 1. The van der Waals surface area contributed by atoms with Crippen LogP contribution >= 0.6 is 15.9 Å². The number of nitrogens with one attached hydrogen (secondary N) is 1. The van der Waals surface area contributed by atoms with Gasteiger partial charge in [0.05, 0.1) is 4.92 Å². The average molecular weight is 365 g/mol.